The van der Waals surface area contributed by atoms with Crippen LogP contribution < -0.4 is 10.6 Å². The van der Waals surface area contributed by atoms with E-state index in [4.69, 9.17) is 10.7 Å². The highest BCUT2D eigenvalue weighted by atomic mass is 79.9. The first-order valence-electron chi connectivity index (χ1n) is 7.00. The predicted molar refractivity (Wildman–Crippen MR) is 87.4 cm³/mol. The fraction of sp³-hybridized carbons (Fsp3) is 0.333. The molecule has 5 nitrogen and oxygen atoms in total. The number of benzene rings is 1. The zero-order chi connectivity index (χ0) is 14.8. The summed E-state index contributed by atoms with van der Waals surface area (Å²) in [4.78, 5) is 19.9. The van der Waals surface area contributed by atoms with Crippen LogP contribution in [0.4, 0.5) is 10.6 Å². The van der Waals surface area contributed by atoms with Gasteiger partial charge in [0.1, 0.15) is 5.82 Å². The normalized spacial score (nSPS) is 16.0. The Balaban J connectivity index is 1.86. The van der Waals surface area contributed by atoms with Crippen molar-refractivity contribution >= 4 is 38.7 Å². The van der Waals surface area contributed by atoms with E-state index in [9.17, 15) is 4.79 Å². The molecule has 0 radical (unpaired) electrons. The zero-order valence-electron chi connectivity index (χ0n) is 11.6. The minimum Gasteiger partial charge on any atom is -0.355 e. The molecule has 110 valence electrons. The Bertz CT molecular complexity index is 676. The Morgan fingerprint density at radius 3 is 2.81 bits per heavy atom. The Labute approximate surface area is 131 Å². The Kier molecular flexibility index (Phi) is 3.96. The molecule has 1 aliphatic heterocycles. The number of aromatic nitrogens is 1. The van der Waals surface area contributed by atoms with Gasteiger partial charge in [0, 0.05) is 36.0 Å². The fourth-order valence-corrected chi connectivity index (χ4v) is 3.11. The molecule has 1 saturated heterocycles. The molecular weight excluding hydrogens is 332 g/mol. The maximum absolute atomic E-state index is 11.3. The third-order valence-corrected chi connectivity index (χ3v) is 4.43. The molecule has 0 aliphatic carbocycles. The van der Waals surface area contributed by atoms with Crippen LogP contribution >= 0.6 is 15.9 Å². The lowest BCUT2D eigenvalue weighted by Gasteiger charge is -2.22. The molecule has 1 aromatic carbocycles. The van der Waals surface area contributed by atoms with Crippen LogP contribution in [0.2, 0.25) is 0 Å². The molecule has 0 atom stereocenters. The monoisotopic (exact) mass is 348 g/mol. The first-order chi connectivity index (χ1) is 10.1. The van der Waals surface area contributed by atoms with Crippen molar-refractivity contribution in [2.75, 3.05) is 31.1 Å². The van der Waals surface area contributed by atoms with E-state index in [0.29, 0.717) is 13.1 Å². The average molecular weight is 349 g/mol. The number of nitrogens with zero attached hydrogens (tertiary/aromatic N) is 3. The summed E-state index contributed by atoms with van der Waals surface area (Å²) in [5.74, 6) is 0.945. The van der Waals surface area contributed by atoms with Crippen LogP contribution in [0.25, 0.3) is 10.9 Å². The molecule has 6 heteroatoms. The number of rotatable bonds is 1. The summed E-state index contributed by atoms with van der Waals surface area (Å²) < 4.78 is 0.996. The summed E-state index contributed by atoms with van der Waals surface area (Å²) in [5, 5.41) is 1.11. The van der Waals surface area contributed by atoms with Crippen molar-refractivity contribution in [3.05, 3.63) is 34.8 Å². The van der Waals surface area contributed by atoms with E-state index >= 15 is 0 Å². The number of hydrogen-bond acceptors (Lipinski definition) is 3. The van der Waals surface area contributed by atoms with Crippen LogP contribution in [0.15, 0.2) is 34.8 Å². The summed E-state index contributed by atoms with van der Waals surface area (Å²) in [7, 11) is 0. The van der Waals surface area contributed by atoms with E-state index in [1.54, 1.807) is 4.90 Å². The largest absolute Gasteiger partial charge is 0.355 e. The number of carbonyl (C=O) groups excluding carboxylic acids is 1. The number of fused-ring (bicyclic) bond motifs is 1. The van der Waals surface area contributed by atoms with Crippen LogP contribution in [0.5, 0.6) is 0 Å². The van der Waals surface area contributed by atoms with Gasteiger partial charge in [-0.2, -0.15) is 0 Å². The lowest BCUT2D eigenvalue weighted by Crippen LogP contribution is -2.38. The van der Waals surface area contributed by atoms with Gasteiger partial charge in [-0.05, 0) is 40.5 Å². The Hall–Kier alpha value is -1.82. The number of primary amides is 1. The van der Waals surface area contributed by atoms with Crippen molar-refractivity contribution < 1.29 is 4.79 Å². The van der Waals surface area contributed by atoms with Gasteiger partial charge in [0.05, 0.1) is 5.52 Å². The quantitative estimate of drug-likeness (QED) is 0.861. The van der Waals surface area contributed by atoms with Gasteiger partial charge in [0.2, 0.25) is 0 Å². The highest BCUT2D eigenvalue weighted by Gasteiger charge is 2.18. The maximum atomic E-state index is 11.3. The highest BCUT2D eigenvalue weighted by molar-refractivity contribution is 9.10. The molecule has 1 aliphatic rings. The summed E-state index contributed by atoms with van der Waals surface area (Å²) >= 11 is 3.55. The van der Waals surface area contributed by atoms with E-state index in [0.717, 1.165) is 40.7 Å². The van der Waals surface area contributed by atoms with Gasteiger partial charge in [0.25, 0.3) is 0 Å². The second kappa shape index (κ2) is 5.89. The number of urea groups is 1. The summed E-state index contributed by atoms with van der Waals surface area (Å²) in [6.45, 7) is 2.99. The summed E-state index contributed by atoms with van der Waals surface area (Å²) in [6, 6.07) is 9.83. The van der Waals surface area contributed by atoms with Gasteiger partial charge in [0.15, 0.2) is 0 Å². The molecule has 2 aromatic rings. The fourth-order valence-electron chi connectivity index (χ4n) is 2.64. The second-order valence-corrected chi connectivity index (χ2v) is 6.00. The van der Waals surface area contributed by atoms with E-state index in [1.165, 1.54) is 0 Å². The van der Waals surface area contributed by atoms with Gasteiger partial charge in [-0.1, -0.05) is 12.1 Å². The number of pyridine rings is 1. The first kappa shape index (κ1) is 14.1. The van der Waals surface area contributed by atoms with Crippen molar-refractivity contribution in [1.82, 2.24) is 9.88 Å². The molecule has 0 bridgehead atoms. The molecule has 1 fully saturated rings. The van der Waals surface area contributed by atoms with Crippen LogP contribution in [0.1, 0.15) is 6.42 Å². The van der Waals surface area contributed by atoms with Gasteiger partial charge < -0.3 is 15.5 Å². The Morgan fingerprint density at radius 2 is 2.00 bits per heavy atom. The molecule has 0 saturated carbocycles. The SMILES string of the molecule is NC(=O)N1CCCN(c2ccc3cccc(Br)c3n2)CC1. The minimum absolute atomic E-state index is 0.342. The van der Waals surface area contributed by atoms with Crippen molar-refractivity contribution in [1.29, 1.82) is 0 Å². The van der Waals surface area contributed by atoms with Crippen LogP contribution in [0.3, 0.4) is 0 Å². The molecule has 3 rings (SSSR count). The van der Waals surface area contributed by atoms with Gasteiger partial charge in [-0.25, -0.2) is 9.78 Å². The predicted octanol–water partition coefficient (Wildman–Crippen LogP) is 2.59. The lowest BCUT2D eigenvalue weighted by atomic mass is 10.2. The summed E-state index contributed by atoms with van der Waals surface area (Å²) in [5.41, 5.74) is 6.33. The molecule has 0 unspecified atom stereocenters. The molecule has 0 spiro atoms. The standard InChI is InChI=1S/C15H17BrN4O/c16-12-4-1-3-11-5-6-13(18-14(11)12)19-7-2-8-20(10-9-19)15(17)21/h1,3-6H,2,7-10H2,(H2,17,21). The highest BCUT2D eigenvalue weighted by Crippen LogP contribution is 2.25. The van der Waals surface area contributed by atoms with Crippen molar-refractivity contribution in [3.8, 4) is 0 Å². The number of anilines is 1. The average Bonchev–Trinajstić information content (AvgIpc) is 2.73. The third-order valence-electron chi connectivity index (χ3n) is 3.79. The molecular formula is C15H17BrN4O. The number of hydrogen-bond donors (Lipinski definition) is 1. The topological polar surface area (TPSA) is 62.5 Å². The number of para-hydroxylation sites is 1. The van der Waals surface area contributed by atoms with E-state index in [1.807, 2.05) is 24.3 Å². The van der Waals surface area contributed by atoms with E-state index in [2.05, 4.69) is 26.9 Å². The first-order valence-corrected chi connectivity index (χ1v) is 7.79. The minimum atomic E-state index is -0.342. The van der Waals surface area contributed by atoms with E-state index < -0.39 is 0 Å². The van der Waals surface area contributed by atoms with Crippen LogP contribution in [0, 0.1) is 0 Å². The van der Waals surface area contributed by atoms with Crippen molar-refractivity contribution in [2.24, 2.45) is 5.73 Å². The van der Waals surface area contributed by atoms with E-state index in [-0.39, 0.29) is 6.03 Å². The summed E-state index contributed by atoms with van der Waals surface area (Å²) in [6.07, 6.45) is 0.901. The van der Waals surface area contributed by atoms with Gasteiger partial charge in [-0.15, -0.1) is 0 Å². The molecule has 1 aromatic heterocycles. The zero-order valence-corrected chi connectivity index (χ0v) is 13.2. The number of amides is 2. The Morgan fingerprint density at radius 1 is 1.14 bits per heavy atom. The van der Waals surface area contributed by atoms with Gasteiger partial charge >= 0.3 is 6.03 Å². The molecule has 2 amide bonds. The van der Waals surface area contributed by atoms with Gasteiger partial charge in [-0.3, -0.25) is 0 Å². The number of halogens is 1. The second-order valence-electron chi connectivity index (χ2n) is 5.15. The number of nitrogens with two attached hydrogens (primary N) is 1. The molecule has 21 heavy (non-hydrogen) atoms. The molecule has 2 N–H and O–H groups in total. The smallest absolute Gasteiger partial charge is 0.314 e. The van der Waals surface area contributed by atoms with Crippen LogP contribution in [-0.2, 0) is 0 Å². The third kappa shape index (κ3) is 2.95. The maximum Gasteiger partial charge on any atom is 0.314 e. The molecule has 2 heterocycles. The van der Waals surface area contributed by atoms with Crippen molar-refractivity contribution in [2.45, 2.75) is 6.42 Å². The van der Waals surface area contributed by atoms with Crippen LogP contribution in [-0.4, -0.2) is 42.1 Å². The lowest BCUT2D eigenvalue weighted by molar-refractivity contribution is 0.211. The number of carbonyl (C=O) groups is 1. The van der Waals surface area contributed by atoms with Crippen molar-refractivity contribution in [3.63, 3.8) is 0 Å².